The highest BCUT2D eigenvalue weighted by atomic mass is 35.5. The summed E-state index contributed by atoms with van der Waals surface area (Å²) in [6.45, 7) is 4.96. The average molecular weight is 271 g/mol. The number of nitrogens with zero attached hydrogens (tertiary/aromatic N) is 3. The maximum atomic E-state index is 11.6. The van der Waals surface area contributed by atoms with Crippen LogP contribution in [-0.4, -0.2) is 36.0 Å². The van der Waals surface area contributed by atoms with Gasteiger partial charge in [-0.2, -0.15) is 0 Å². The molecular weight excluding hydrogens is 252 g/mol. The second-order valence-corrected chi connectivity index (χ2v) is 4.38. The fourth-order valence-electron chi connectivity index (χ4n) is 1.63. The van der Waals surface area contributed by atoms with Crippen molar-refractivity contribution in [3.05, 3.63) is 17.0 Å². The molecule has 0 spiro atoms. The van der Waals surface area contributed by atoms with E-state index in [0.29, 0.717) is 17.5 Å². The molecule has 100 valence electrons. The van der Waals surface area contributed by atoms with Crippen molar-refractivity contribution in [3.63, 3.8) is 0 Å². The van der Waals surface area contributed by atoms with Crippen LogP contribution >= 0.6 is 11.6 Å². The van der Waals surface area contributed by atoms with Gasteiger partial charge in [0.1, 0.15) is 17.3 Å². The molecule has 0 aliphatic carbocycles. The zero-order valence-electron chi connectivity index (χ0n) is 11.0. The Kier molecular flexibility index (Phi) is 5.85. The Bertz CT molecular complexity index is 411. The summed E-state index contributed by atoms with van der Waals surface area (Å²) in [6, 6.07) is 0. The lowest BCUT2D eigenvalue weighted by molar-refractivity contribution is -0.119. The summed E-state index contributed by atoms with van der Waals surface area (Å²) in [5.41, 5.74) is 0.866. The first kappa shape index (κ1) is 14.7. The maximum Gasteiger partial charge on any atom is 0.239 e. The lowest BCUT2D eigenvalue weighted by atomic mass is 10.2. The van der Waals surface area contributed by atoms with E-state index in [2.05, 4.69) is 15.3 Å². The molecule has 18 heavy (non-hydrogen) atoms. The largest absolute Gasteiger partial charge is 0.355 e. The normalized spacial score (nSPS) is 10.2. The van der Waals surface area contributed by atoms with Crippen molar-refractivity contribution in [3.8, 4) is 0 Å². The minimum Gasteiger partial charge on any atom is -0.355 e. The molecule has 5 nitrogen and oxygen atoms in total. The lowest BCUT2D eigenvalue weighted by Gasteiger charge is -2.20. The summed E-state index contributed by atoms with van der Waals surface area (Å²) in [5.74, 6) is 0.695. The third-order valence-corrected chi connectivity index (χ3v) is 2.86. The van der Waals surface area contributed by atoms with Crippen molar-refractivity contribution in [2.75, 3.05) is 25.0 Å². The van der Waals surface area contributed by atoms with Crippen LogP contribution in [0.1, 0.15) is 25.8 Å². The predicted octanol–water partition coefficient (Wildman–Crippen LogP) is 1.65. The topological polar surface area (TPSA) is 58.1 Å². The first-order valence-electron chi connectivity index (χ1n) is 6.07. The van der Waals surface area contributed by atoms with Crippen LogP contribution in [0.25, 0.3) is 0 Å². The monoisotopic (exact) mass is 270 g/mol. The zero-order valence-corrected chi connectivity index (χ0v) is 11.8. The first-order chi connectivity index (χ1) is 8.60. The van der Waals surface area contributed by atoms with Crippen molar-refractivity contribution >= 4 is 23.3 Å². The van der Waals surface area contributed by atoms with Crippen LogP contribution < -0.4 is 10.2 Å². The van der Waals surface area contributed by atoms with E-state index in [1.54, 1.807) is 4.90 Å². The van der Waals surface area contributed by atoms with E-state index in [4.69, 9.17) is 11.6 Å². The quantitative estimate of drug-likeness (QED) is 0.799. The Hall–Kier alpha value is -1.36. The van der Waals surface area contributed by atoms with Crippen molar-refractivity contribution < 1.29 is 4.79 Å². The number of aromatic nitrogens is 2. The van der Waals surface area contributed by atoms with Crippen molar-refractivity contribution in [1.82, 2.24) is 15.3 Å². The van der Waals surface area contributed by atoms with Gasteiger partial charge in [0.25, 0.3) is 0 Å². The molecule has 1 aromatic rings. The van der Waals surface area contributed by atoms with Gasteiger partial charge in [0.2, 0.25) is 5.91 Å². The minimum atomic E-state index is -0.0175. The van der Waals surface area contributed by atoms with E-state index < -0.39 is 0 Å². The number of amides is 1. The molecule has 0 saturated heterocycles. The number of carbonyl (C=O) groups excluding carboxylic acids is 1. The third-order valence-electron chi connectivity index (χ3n) is 2.54. The molecule has 1 amide bonds. The fraction of sp³-hybridized carbons (Fsp3) is 0.583. The molecule has 0 atom stereocenters. The van der Waals surface area contributed by atoms with Crippen LogP contribution in [0.5, 0.6) is 0 Å². The first-order valence-corrected chi connectivity index (χ1v) is 6.45. The Morgan fingerprint density at radius 2 is 2.17 bits per heavy atom. The molecule has 0 bridgehead atoms. The standard InChI is InChI=1S/C12H19ClN4O/c1-4-6-14-10(18)7-17(3)12-9(5-2)11(13)15-8-16-12/h8H,4-7H2,1-3H3,(H,14,18). The number of halogens is 1. The molecule has 0 aliphatic rings. The molecular formula is C12H19ClN4O. The Morgan fingerprint density at radius 1 is 1.44 bits per heavy atom. The Morgan fingerprint density at radius 3 is 2.78 bits per heavy atom. The molecule has 1 heterocycles. The maximum absolute atomic E-state index is 11.6. The highest BCUT2D eigenvalue weighted by molar-refractivity contribution is 6.30. The van der Waals surface area contributed by atoms with Gasteiger partial charge in [-0.3, -0.25) is 4.79 Å². The predicted molar refractivity (Wildman–Crippen MR) is 73.0 cm³/mol. The van der Waals surface area contributed by atoms with E-state index in [0.717, 1.165) is 18.4 Å². The SMILES string of the molecule is CCCNC(=O)CN(C)c1ncnc(Cl)c1CC. The van der Waals surface area contributed by atoms with Gasteiger partial charge in [-0.05, 0) is 12.8 Å². The summed E-state index contributed by atoms with van der Waals surface area (Å²) >= 11 is 6.02. The highest BCUT2D eigenvalue weighted by Crippen LogP contribution is 2.22. The van der Waals surface area contributed by atoms with Gasteiger partial charge in [-0.25, -0.2) is 9.97 Å². The van der Waals surface area contributed by atoms with Gasteiger partial charge >= 0.3 is 0 Å². The van der Waals surface area contributed by atoms with E-state index in [9.17, 15) is 4.79 Å². The number of carbonyl (C=O) groups is 1. The number of likely N-dealkylation sites (N-methyl/N-ethyl adjacent to an activating group) is 1. The van der Waals surface area contributed by atoms with Crippen LogP contribution in [0.15, 0.2) is 6.33 Å². The zero-order chi connectivity index (χ0) is 13.5. The molecule has 0 aromatic carbocycles. The van der Waals surface area contributed by atoms with Crippen LogP contribution in [-0.2, 0) is 11.2 Å². The van der Waals surface area contributed by atoms with Crippen molar-refractivity contribution in [2.45, 2.75) is 26.7 Å². The van der Waals surface area contributed by atoms with Gasteiger partial charge in [0.15, 0.2) is 0 Å². The highest BCUT2D eigenvalue weighted by Gasteiger charge is 2.14. The number of hydrogen-bond acceptors (Lipinski definition) is 4. The van der Waals surface area contributed by atoms with Crippen LogP contribution in [0, 0.1) is 0 Å². The third kappa shape index (κ3) is 3.84. The lowest BCUT2D eigenvalue weighted by Crippen LogP contribution is -2.36. The van der Waals surface area contributed by atoms with E-state index in [1.165, 1.54) is 6.33 Å². The van der Waals surface area contributed by atoms with Gasteiger partial charge in [-0.1, -0.05) is 25.4 Å². The van der Waals surface area contributed by atoms with Crippen molar-refractivity contribution in [1.29, 1.82) is 0 Å². The van der Waals surface area contributed by atoms with Gasteiger partial charge in [0, 0.05) is 19.2 Å². The molecule has 0 saturated carbocycles. The summed E-state index contributed by atoms with van der Waals surface area (Å²) in [6.07, 6.45) is 3.07. The Labute approximate surface area is 113 Å². The van der Waals surface area contributed by atoms with E-state index in [1.807, 2.05) is 20.9 Å². The summed E-state index contributed by atoms with van der Waals surface area (Å²) in [5, 5.41) is 3.28. The second-order valence-electron chi connectivity index (χ2n) is 4.03. The number of anilines is 1. The average Bonchev–Trinajstić information content (AvgIpc) is 2.35. The second kappa shape index (κ2) is 7.16. The molecule has 0 unspecified atom stereocenters. The van der Waals surface area contributed by atoms with Gasteiger partial charge in [0.05, 0.1) is 6.54 Å². The number of hydrogen-bond donors (Lipinski definition) is 1. The Balaban J connectivity index is 2.75. The number of rotatable bonds is 6. The molecule has 6 heteroatoms. The van der Waals surface area contributed by atoms with Gasteiger partial charge in [-0.15, -0.1) is 0 Å². The smallest absolute Gasteiger partial charge is 0.239 e. The van der Waals surface area contributed by atoms with E-state index in [-0.39, 0.29) is 12.5 Å². The minimum absolute atomic E-state index is 0.0175. The molecule has 0 fully saturated rings. The summed E-state index contributed by atoms with van der Waals surface area (Å²) in [7, 11) is 1.82. The molecule has 1 rings (SSSR count). The summed E-state index contributed by atoms with van der Waals surface area (Å²) < 4.78 is 0. The molecule has 1 aromatic heterocycles. The van der Waals surface area contributed by atoms with Gasteiger partial charge < -0.3 is 10.2 Å². The molecule has 0 aliphatic heterocycles. The van der Waals surface area contributed by atoms with Crippen LogP contribution in [0.4, 0.5) is 5.82 Å². The summed E-state index contributed by atoms with van der Waals surface area (Å²) in [4.78, 5) is 21.6. The molecule has 1 N–H and O–H groups in total. The molecule has 0 radical (unpaired) electrons. The van der Waals surface area contributed by atoms with E-state index >= 15 is 0 Å². The van der Waals surface area contributed by atoms with Crippen LogP contribution in [0.3, 0.4) is 0 Å². The van der Waals surface area contributed by atoms with Crippen LogP contribution in [0.2, 0.25) is 5.15 Å². The fourth-order valence-corrected chi connectivity index (χ4v) is 1.89. The number of nitrogens with one attached hydrogen (secondary N) is 1. The van der Waals surface area contributed by atoms with Crippen molar-refractivity contribution in [2.24, 2.45) is 0 Å².